The Hall–Kier alpha value is -2.89. The van der Waals surface area contributed by atoms with Crippen molar-refractivity contribution in [2.75, 3.05) is 33.3 Å². The van der Waals surface area contributed by atoms with E-state index in [1.165, 1.54) is 12.1 Å². The third-order valence-corrected chi connectivity index (χ3v) is 6.65. The lowest BCUT2D eigenvalue weighted by molar-refractivity contribution is -0.137. The van der Waals surface area contributed by atoms with Crippen molar-refractivity contribution in [3.63, 3.8) is 0 Å². The molecule has 2 amide bonds. The van der Waals surface area contributed by atoms with Gasteiger partial charge in [0.05, 0.1) is 18.1 Å². The number of nitrogens with zero attached hydrogens (tertiary/aromatic N) is 2. The first kappa shape index (κ1) is 21.3. The molecule has 2 aromatic rings. The summed E-state index contributed by atoms with van der Waals surface area (Å²) in [5, 5.41) is 0. The predicted octanol–water partition coefficient (Wildman–Crippen LogP) is 4.02. The first-order valence-corrected chi connectivity index (χ1v) is 11.0. The summed E-state index contributed by atoms with van der Waals surface area (Å²) in [4.78, 5) is 30.5. The third-order valence-electron chi connectivity index (χ3n) is 6.65. The molecule has 0 radical (unpaired) electrons. The van der Waals surface area contributed by atoms with Crippen LogP contribution in [0, 0.1) is 5.82 Å². The minimum absolute atomic E-state index is 0.0715. The lowest BCUT2D eigenvalue weighted by Gasteiger charge is -2.34. The van der Waals surface area contributed by atoms with Crippen molar-refractivity contribution in [2.45, 2.75) is 37.5 Å². The Morgan fingerprint density at radius 2 is 1.61 bits per heavy atom. The second kappa shape index (κ2) is 9.08. The molecule has 31 heavy (non-hydrogen) atoms. The van der Waals surface area contributed by atoms with Crippen molar-refractivity contribution in [3.05, 3.63) is 65.5 Å². The van der Waals surface area contributed by atoms with E-state index < -0.39 is 5.41 Å². The van der Waals surface area contributed by atoms with E-state index in [0.717, 1.165) is 31.2 Å². The molecule has 6 heteroatoms. The van der Waals surface area contributed by atoms with Gasteiger partial charge in [0.15, 0.2) is 0 Å². The van der Waals surface area contributed by atoms with Crippen molar-refractivity contribution in [1.29, 1.82) is 0 Å². The van der Waals surface area contributed by atoms with Gasteiger partial charge in [-0.3, -0.25) is 9.59 Å². The molecule has 0 spiro atoms. The molecule has 1 heterocycles. The second-order valence-corrected chi connectivity index (χ2v) is 8.44. The number of benzene rings is 2. The standard InChI is InChI=1S/C25H29FN2O3/c1-31-22-11-3-2-10-21(22)23(29)27-14-7-15-28(17-16-27)24(30)25(12-4-5-13-25)19-8-6-9-20(26)18-19/h2-3,6,8-11,18H,4-5,7,12-17H2,1H3. The van der Waals surface area contributed by atoms with Gasteiger partial charge in [-0.05, 0) is 49.1 Å². The van der Waals surface area contributed by atoms with Gasteiger partial charge in [0, 0.05) is 26.2 Å². The van der Waals surface area contributed by atoms with Gasteiger partial charge in [-0.1, -0.05) is 37.1 Å². The quantitative estimate of drug-likeness (QED) is 0.745. The number of carbonyl (C=O) groups is 2. The van der Waals surface area contributed by atoms with E-state index in [2.05, 4.69) is 0 Å². The molecular formula is C25H29FN2O3. The molecule has 2 aromatic carbocycles. The van der Waals surface area contributed by atoms with Crippen molar-refractivity contribution >= 4 is 11.8 Å². The smallest absolute Gasteiger partial charge is 0.257 e. The van der Waals surface area contributed by atoms with Crippen LogP contribution in [-0.2, 0) is 10.2 Å². The maximum absolute atomic E-state index is 13.9. The van der Waals surface area contributed by atoms with Crippen LogP contribution in [0.15, 0.2) is 48.5 Å². The Morgan fingerprint density at radius 1 is 0.903 bits per heavy atom. The van der Waals surface area contributed by atoms with E-state index in [-0.39, 0.29) is 17.6 Å². The molecule has 164 valence electrons. The SMILES string of the molecule is COc1ccccc1C(=O)N1CCCN(C(=O)C2(c3cccc(F)c3)CCCC2)CC1. The molecule has 0 unspecified atom stereocenters. The van der Waals surface area contributed by atoms with Gasteiger partial charge in [-0.15, -0.1) is 0 Å². The van der Waals surface area contributed by atoms with Crippen LogP contribution in [0.4, 0.5) is 4.39 Å². The topological polar surface area (TPSA) is 49.9 Å². The molecule has 0 aromatic heterocycles. The third kappa shape index (κ3) is 4.16. The number of ether oxygens (including phenoxy) is 1. The van der Waals surface area contributed by atoms with Crippen LogP contribution in [-0.4, -0.2) is 54.9 Å². The zero-order valence-electron chi connectivity index (χ0n) is 18.0. The number of methoxy groups -OCH3 is 1. The molecule has 0 atom stereocenters. The van der Waals surface area contributed by atoms with Gasteiger partial charge in [-0.2, -0.15) is 0 Å². The molecular weight excluding hydrogens is 395 g/mol. The Kier molecular flexibility index (Phi) is 6.25. The van der Waals surface area contributed by atoms with Gasteiger partial charge in [0.25, 0.3) is 5.91 Å². The number of hydrogen-bond donors (Lipinski definition) is 0. The maximum Gasteiger partial charge on any atom is 0.257 e. The Morgan fingerprint density at radius 3 is 2.35 bits per heavy atom. The molecule has 1 aliphatic carbocycles. The van der Waals surface area contributed by atoms with Crippen LogP contribution in [0.1, 0.15) is 48.0 Å². The summed E-state index contributed by atoms with van der Waals surface area (Å²) < 4.78 is 19.3. The molecule has 1 saturated carbocycles. The Labute approximate surface area is 182 Å². The van der Waals surface area contributed by atoms with Crippen LogP contribution < -0.4 is 4.74 Å². The largest absolute Gasteiger partial charge is 0.496 e. The van der Waals surface area contributed by atoms with Gasteiger partial charge in [0.1, 0.15) is 11.6 Å². The monoisotopic (exact) mass is 424 g/mol. The molecule has 1 saturated heterocycles. The predicted molar refractivity (Wildman–Crippen MR) is 117 cm³/mol. The fourth-order valence-electron chi connectivity index (χ4n) is 5.01. The lowest BCUT2D eigenvalue weighted by atomic mass is 9.77. The molecule has 0 N–H and O–H groups in total. The number of carbonyl (C=O) groups excluding carboxylic acids is 2. The zero-order chi connectivity index (χ0) is 21.8. The first-order chi connectivity index (χ1) is 15.0. The van der Waals surface area contributed by atoms with Crippen LogP contribution in [0.25, 0.3) is 0 Å². The van der Waals surface area contributed by atoms with Gasteiger partial charge >= 0.3 is 0 Å². The van der Waals surface area contributed by atoms with E-state index >= 15 is 0 Å². The Balaban J connectivity index is 1.51. The van der Waals surface area contributed by atoms with Gasteiger partial charge < -0.3 is 14.5 Å². The van der Waals surface area contributed by atoms with Crippen LogP contribution in [0.2, 0.25) is 0 Å². The number of halogens is 1. The molecule has 5 nitrogen and oxygen atoms in total. The van der Waals surface area contributed by atoms with E-state index in [1.807, 2.05) is 23.1 Å². The zero-order valence-corrected chi connectivity index (χ0v) is 18.0. The first-order valence-electron chi connectivity index (χ1n) is 11.0. The number of amides is 2. The van der Waals surface area contributed by atoms with Gasteiger partial charge in [-0.25, -0.2) is 4.39 Å². The highest BCUT2D eigenvalue weighted by Gasteiger charge is 2.45. The highest BCUT2D eigenvalue weighted by atomic mass is 19.1. The fraction of sp³-hybridized carbons (Fsp3) is 0.440. The highest BCUT2D eigenvalue weighted by molar-refractivity contribution is 5.97. The van der Waals surface area contributed by atoms with Crippen molar-refractivity contribution < 1.29 is 18.7 Å². The lowest BCUT2D eigenvalue weighted by Crippen LogP contribution is -2.47. The van der Waals surface area contributed by atoms with Gasteiger partial charge in [0.2, 0.25) is 5.91 Å². The number of para-hydroxylation sites is 1. The van der Waals surface area contributed by atoms with Crippen LogP contribution in [0.3, 0.4) is 0 Å². The Bertz CT molecular complexity index is 955. The minimum atomic E-state index is -0.649. The van der Waals surface area contributed by atoms with E-state index in [4.69, 9.17) is 4.74 Å². The van der Waals surface area contributed by atoms with Crippen molar-refractivity contribution in [3.8, 4) is 5.75 Å². The molecule has 0 bridgehead atoms. The van der Waals surface area contributed by atoms with E-state index in [0.29, 0.717) is 43.9 Å². The average Bonchev–Trinajstić information content (AvgIpc) is 3.17. The number of hydrogen-bond acceptors (Lipinski definition) is 3. The van der Waals surface area contributed by atoms with Crippen molar-refractivity contribution in [2.24, 2.45) is 0 Å². The number of rotatable bonds is 4. The molecule has 1 aliphatic heterocycles. The fourth-order valence-corrected chi connectivity index (χ4v) is 5.01. The minimum Gasteiger partial charge on any atom is -0.496 e. The maximum atomic E-state index is 13.9. The summed E-state index contributed by atoms with van der Waals surface area (Å²) in [5.74, 6) is 0.247. The van der Waals surface area contributed by atoms with E-state index in [9.17, 15) is 14.0 Å². The summed E-state index contributed by atoms with van der Waals surface area (Å²) in [5.41, 5.74) is 0.669. The summed E-state index contributed by atoms with van der Waals surface area (Å²) >= 11 is 0. The summed E-state index contributed by atoms with van der Waals surface area (Å²) in [7, 11) is 1.56. The molecule has 4 rings (SSSR count). The summed E-state index contributed by atoms with van der Waals surface area (Å²) in [6.45, 7) is 2.15. The summed E-state index contributed by atoms with van der Waals surface area (Å²) in [6, 6.07) is 13.7. The molecule has 2 aliphatic rings. The molecule has 2 fully saturated rings. The summed E-state index contributed by atoms with van der Waals surface area (Å²) in [6.07, 6.45) is 4.14. The highest BCUT2D eigenvalue weighted by Crippen LogP contribution is 2.43. The normalized spacial score (nSPS) is 18.5. The van der Waals surface area contributed by atoms with Crippen LogP contribution >= 0.6 is 0 Å². The average molecular weight is 425 g/mol. The van der Waals surface area contributed by atoms with E-state index in [1.54, 1.807) is 30.2 Å². The van der Waals surface area contributed by atoms with Crippen molar-refractivity contribution in [1.82, 2.24) is 9.80 Å². The second-order valence-electron chi connectivity index (χ2n) is 8.44. The van der Waals surface area contributed by atoms with Crippen LogP contribution in [0.5, 0.6) is 5.75 Å².